The number of pyridine rings is 2. The molecule has 2 aliphatic heterocycles. The van der Waals surface area contributed by atoms with Crippen LogP contribution in [0, 0.1) is 0 Å². The number of hydrogen-bond acceptors (Lipinski definition) is 6. The van der Waals surface area contributed by atoms with E-state index in [0.29, 0.717) is 24.3 Å². The van der Waals surface area contributed by atoms with Crippen molar-refractivity contribution in [3.05, 3.63) is 54.0 Å². The molecule has 0 spiro atoms. The van der Waals surface area contributed by atoms with Crippen molar-refractivity contribution in [2.75, 3.05) is 44.2 Å². The number of rotatable bonds is 6. The molecule has 172 valence electrons. The summed E-state index contributed by atoms with van der Waals surface area (Å²) in [4.78, 5) is 29.0. The van der Waals surface area contributed by atoms with E-state index in [-0.39, 0.29) is 5.91 Å². The Morgan fingerprint density at radius 3 is 2.56 bits per heavy atom. The van der Waals surface area contributed by atoms with Crippen molar-refractivity contribution in [1.82, 2.24) is 25.1 Å². The van der Waals surface area contributed by atoms with Crippen LogP contribution >= 0.6 is 0 Å². The van der Waals surface area contributed by atoms with Gasteiger partial charge in [-0.25, -0.2) is 4.98 Å². The van der Waals surface area contributed by atoms with E-state index in [1.807, 2.05) is 24.3 Å². The molecule has 1 N–H and O–H groups in total. The fraction of sp³-hybridized carbons (Fsp3) is 0.560. The molecule has 2 saturated heterocycles. The molecule has 2 aliphatic rings. The van der Waals surface area contributed by atoms with Gasteiger partial charge in [0.25, 0.3) is 5.91 Å². The van der Waals surface area contributed by atoms with Gasteiger partial charge in [0, 0.05) is 57.2 Å². The van der Waals surface area contributed by atoms with E-state index in [2.05, 4.69) is 38.8 Å². The maximum absolute atomic E-state index is 12.6. The number of piperidine rings is 1. The van der Waals surface area contributed by atoms with Crippen molar-refractivity contribution in [2.45, 2.75) is 51.7 Å². The topological polar surface area (TPSA) is 64.6 Å². The Morgan fingerprint density at radius 1 is 1.03 bits per heavy atom. The summed E-state index contributed by atoms with van der Waals surface area (Å²) in [5.74, 6) is 0.759. The van der Waals surface area contributed by atoms with Crippen molar-refractivity contribution >= 4 is 11.7 Å². The second kappa shape index (κ2) is 10.9. The Kier molecular flexibility index (Phi) is 7.71. The molecule has 0 radical (unpaired) electrons. The molecule has 0 saturated carbocycles. The highest BCUT2D eigenvalue weighted by atomic mass is 16.1. The van der Waals surface area contributed by atoms with Gasteiger partial charge in [-0.3, -0.25) is 14.7 Å². The Balaban J connectivity index is 1.32. The molecular weight excluding hydrogens is 400 g/mol. The highest BCUT2D eigenvalue weighted by Crippen LogP contribution is 2.21. The Hall–Kier alpha value is -2.51. The van der Waals surface area contributed by atoms with Gasteiger partial charge >= 0.3 is 0 Å². The van der Waals surface area contributed by atoms with Crippen LogP contribution in [-0.2, 0) is 6.54 Å². The third kappa shape index (κ3) is 5.84. The number of amides is 1. The van der Waals surface area contributed by atoms with Crippen LogP contribution in [0.2, 0.25) is 0 Å². The lowest BCUT2D eigenvalue weighted by atomic mass is 10.0. The summed E-state index contributed by atoms with van der Waals surface area (Å²) in [6.45, 7) is 11.6. The summed E-state index contributed by atoms with van der Waals surface area (Å²) in [5.41, 5.74) is 1.50. The molecule has 7 heteroatoms. The van der Waals surface area contributed by atoms with Gasteiger partial charge in [-0.15, -0.1) is 0 Å². The maximum atomic E-state index is 12.6. The second-order valence-corrected chi connectivity index (χ2v) is 9.16. The zero-order chi connectivity index (χ0) is 22.3. The summed E-state index contributed by atoms with van der Waals surface area (Å²) in [6, 6.07) is 10.9. The van der Waals surface area contributed by atoms with Crippen LogP contribution in [-0.4, -0.2) is 77.0 Å². The van der Waals surface area contributed by atoms with Crippen molar-refractivity contribution in [2.24, 2.45) is 0 Å². The summed E-state index contributed by atoms with van der Waals surface area (Å²) in [5, 5.41) is 2.96. The van der Waals surface area contributed by atoms with Gasteiger partial charge in [0.05, 0.1) is 0 Å². The second-order valence-electron chi connectivity index (χ2n) is 9.16. The average Bonchev–Trinajstić information content (AvgIpc) is 3.10. The van der Waals surface area contributed by atoms with E-state index in [4.69, 9.17) is 4.98 Å². The van der Waals surface area contributed by atoms with E-state index in [9.17, 15) is 4.79 Å². The molecule has 2 fully saturated rings. The SMILES string of the molecule is CC(C)N1CCC(N2CCCN(c3cccc(C(=O)NCc4ccncc4)n3)CC2)CC1. The van der Waals surface area contributed by atoms with E-state index in [1.165, 1.54) is 25.9 Å². The highest BCUT2D eigenvalue weighted by molar-refractivity contribution is 5.92. The predicted octanol–water partition coefficient (Wildman–Crippen LogP) is 2.79. The third-order valence-electron chi connectivity index (χ3n) is 6.77. The first-order valence-electron chi connectivity index (χ1n) is 12.0. The molecule has 4 heterocycles. The molecule has 4 rings (SSSR count). The zero-order valence-corrected chi connectivity index (χ0v) is 19.4. The van der Waals surface area contributed by atoms with Gasteiger partial charge in [0.2, 0.25) is 0 Å². The molecule has 1 amide bonds. The number of carbonyl (C=O) groups excluding carboxylic acids is 1. The number of aromatic nitrogens is 2. The number of nitrogens with one attached hydrogen (secondary N) is 1. The normalized spacial score (nSPS) is 19.2. The highest BCUT2D eigenvalue weighted by Gasteiger charge is 2.27. The monoisotopic (exact) mass is 436 g/mol. The lowest BCUT2D eigenvalue weighted by molar-refractivity contribution is 0.0946. The van der Waals surface area contributed by atoms with Crippen LogP contribution in [0.4, 0.5) is 5.82 Å². The van der Waals surface area contributed by atoms with Crippen LogP contribution in [0.5, 0.6) is 0 Å². The minimum atomic E-state index is -0.142. The standard InChI is InChI=1S/C25H36N6O/c1-20(2)29-15-9-22(10-16-29)30-13-4-14-31(18-17-30)24-6-3-5-23(28-24)25(32)27-19-21-7-11-26-12-8-21/h3,5-8,11-12,20,22H,4,9-10,13-19H2,1-2H3,(H,27,32). The van der Waals surface area contributed by atoms with E-state index in [1.54, 1.807) is 18.5 Å². The van der Waals surface area contributed by atoms with E-state index in [0.717, 1.165) is 44.0 Å². The summed E-state index contributed by atoms with van der Waals surface area (Å²) in [7, 11) is 0. The molecule has 0 bridgehead atoms. The van der Waals surface area contributed by atoms with Crippen LogP contribution in [0.3, 0.4) is 0 Å². The van der Waals surface area contributed by atoms with Crippen molar-refractivity contribution in [3.63, 3.8) is 0 Å². The van der Waals surface area contributed by atoms with Crippen LogP contribution in [0.15, 0.2) is 42.7 Å². The van der Waals surface area contributed by atoms with Crippen molar-refractivity contribution < 1.29 is 4.79 Å². The van der Waals surface area contributed by atoms with Gasteiger partial charge in [0.1, 0.15) is 11.5 Å². The number of hydrogen-bond donors (Lipinski definition) is 1. The third-order valence-corrected chi connectivity index (χ3v) is 6.77. The maximum Gasteiger partial charge on any atom is 0.270 e. The van der Waals surface area contributed by atoms with Gasteiger partial charge < -0.3 is 15.1 Å². The first-order chi connectivity index (χ1) is 15.6. The minimum absolute atomic E-state index is 0.142. The largest absolute Gasteiger partial charge is 0.355 e. The van der Waals surface area contributed by atoms with Crippen LogP contribution in [0.1, 0.15) is 49.2 Å². The fourth-order valence-electron chi connectivity index (χ4n) is 4.80. The minimum Gasteiger partial charge on any atom is -0.355 e. The Morgan fingerprint density at radius 2 is 1.81 bits per heavy atom. The van der Waals surface area contributed by atoms with Gasteiger partial charge in [-0.2, -0.15) is 0 Å². The van der Waals surface area contributed by atoms with E-state index < -0.39 is 0 Å². The Bertz CT molecular complexity index is 866. The zero-order valence-electron chi connectivity index (χ0n) is 19.4. The Labute approximate surface area is 191 Å². The van der Waals surface area contributed by atoms with Gasteiger partial charge in [0.15, 0.2) is 0 Å². The van der Waals surface area contributed by atoms with Crippen LogP contribution < -0.4 is 10.2 Å². The first-order valence-corrected chi connectivity index (χ1v) is 12.0. The molecule has 0 aliphatic carbocycles. The molecule has 2 aromatic heterocycles. The molecule has 32 heavy (non-hydrogen) atoms. The summed E-state index contributed by atoms with van der Waals surface area (Å²) in [6.07, 6.45) is 7.13. The quantitative estimate of drug-likeness (QED) is 0.751. The van der Waals surface area contributed by atoms with Crippen LogP contribution in [0.25, 0.3) is 0 Å². The number of anilines is 1. The van der Waals surface area contributed by atoms with Crippen molar-refractivity contribution in [1.29, 1.82) is 0 Å². The lowest BCUT2D eigenvalue weighted by Crippen LogP contribution is -2.47. The van der Waals surface area contributed by atoms with Gasteiger partial charge in [-0.1, -0.05) is 6.07 Å². The molecule has 0 atom stereocenters. The van der Waals surface area contributed by atoms with Crippen molar-refractivity contribution in [3.8, 4) is 0 Å². The predicted molar refractivity (Wildman–Crippen MR) is 128 cm³/mol. The smallest absolute Gasteiger partial charge is 0.270 e. The fourth-order valence-corrected chi connectivity index (χ4v) is 4.80. The average molecular weight is 437 g/mol. The number of likely N-dealkylation sites (tertiary alicyclic amines) is 1. The first kappa shape index (κ1) is 22.7. The molecular formula is C25H36N6O. The number of nitrogens with zero attached hydrogens (tertiary/aromatic N) is 5. The molecule has 0 unspecified atom stereocenters. The van der Waals surface area contributed by atoms with Gasteiger partial charge in [-0.05, 0) is 76.0 Å². The lowest BCUT2D eigenvalue weighted by Gasteiger charge is -2.39. The summed E-state index contributed by atoms with van der Waals surface area (Å²) < 4.78 is 0. The van der Waals surface area contributed by atoms with E-state index >= 15 is 0 Å². The molecule has 0 aromatic carbocycles. The summed E-state index contributed by atoms with van der Waals surface area (Å²) >= 11 is 0. The molecule has 2 aromatic rings. The molecule has 7 nitrogen and oxygen atoms in total. The number of carbonyl (C=O) groups is 1.